The van der Waals surface area contributed by atoms with Crippen LogP contribution in [-0.2, 0) is 13.7 Å². The predicted molar refractivity (Wildman–Crippen MR) is 98.8 cm³/mol. The van der Waals surface area contributed by atoms with Crippen molar-refractivity contribution in [3.8, 4) is 5.75 Å². The van der Waals surface area contributed by atoms with E-state index in [4.69, 9.17) is 20.8 Å². The number of nitrogens with zero attached hydrogens (tertiary/aromatic N) is 2. The number of furan rings is 1. The molecule has 0 aliphatic rings. The molecule has 7 heteroatoms. The van der Waals surface area contributed by atoms with Crippen molar-refractivity contribution < 1.29 is 13.9 Å². The maximum Gasteiger partial charge on any atom is 0.207 e. The van der Waals surface area contributed by atoms with Crippen molar-refractivity contribution in [1.82, 2.24) is 9.78 Å². The molecule has 0 spiro atoms. The molecule has 2 aromatic heterocycles. The largest absolute Gasteiger partial charge is 0.484 e. The Kier molecular flexibility index (Phi) is 5.40. The van der Waals surface area contributed by atoms with Gasteiger partial charge < -0.3 is 9.15 Å². The number of aryl methyl sites for hydroxylation is 1. The number of rotatable bonds is 6. The maximum absolute atomic E-state index is 12.1. The summed E-state index contributed by atoms with van der Waals surface area (Å²) in [5, 5.41) is 4.35. The van der Waals surface area contributed by atoms with E-state index in [1.165, 1.54) is 10.8 Å². The third-order valence-electron chi connectivity index (χ3n) is 3.31. The average Bonchev–Trinajstić information content (AvgIpc) is 3.18. The number of ether oxygens (including phenoxy) is 1. The van der Waals surface area contributed by atoms with Crippen molar-refractivity contribution in [2.24, 2.45) is 7.05 Å². The Morgan fingerprint density at radius 1 is 1.36 bits per heavy atom. The highest BCUT2D eigenvalue weighted by Gasteiger charge is 2.12. The lowest BCUT2D eigenvalue weighted by atomic mass is 10.2. The Morgan fingerprint density at radius 2 is 2.16 bits per heavy atom. The van der Waals surface area contributed by atoms with E-state index in [0.29, 0.717) is 16.5 Å². The summed E-state index contributed by atoms with van der Waals surface area (Å²) in [6, 6.07) is 11.1. The zero-order valence-corrected chi connectivity index (χ0v) is 15.6. The van der Waals surface area contributed by atoms with Gasteiger partial charge in [0.15, 0.2) is 5.69 Å². The second kappa shape index (κ2) is 7.72. The van der Waals surface area contributed by atoms with Gasteiger partial charge in [0, 0.05) is 13.2 Å². The predicted octanol–water partition coefficient (Wildman–Crippen LogP) is 4.90. The molecule has 0 aliphatic heterocycles. The second-order valence-electron chi connectivity index (χ2n) is 5.22. The molecule has 0 saturated heterocycles. The summed E-state index contributed by atoms with van der Waals surface area (Å²) in [5.74, 6) is 1.65. The molecule has 0 fully saturated rings. The minimum atomic E-state index is -0.284. The normalized spacial score (nSPS) is 11.2. The molecule has 0 bridgehead atoms. The molecule has 5 nitrogen and oxygen atoms in total. The first-order valence-electron chi connectivity index (χ1n) is 7.40. The summed E-state index contributed by atoms with van der Waals surface area (Å²) in [4.78, 5) is 12.1. The van der Waals surface area contributed by atoms with Crippen molar-refractivity contribution in [1.29, 1.82) is 0 Å². The lowest BCUT2D eigenvalue weighted by molar-refractivity contribution is 0.104. The van der Waals surface area contributed by atoms with Crippen LogP contribution in [-0.4, -0.2) is 15.6 Å². The smallest absolute Gasteiger partial charge is 0.207 e. The molecule has 25 heavy (non-hydrogen) atoms. The van der Waals surface area contributed by atoms with Gasteiger partial charge in [0.05, 0.1) is 9.50 Å². The molecule has 0 N–H and O–H groups in total. The van der Waals surface area contributed by atoms with E-state index >= 15 is 0 Å². The van der Waals surface area contributed by atoms with Crippen LogP contribution in [0.1, 0.15) is 22.0 Å². The maximum atomic E-state index is 12.1. The highest BCUT2D eigenvalue weighted by atomic mass is 79.9. The van der Waals surface area contributed by atoms with Gasteiger partial charge in [-0.25, -0.2) is 0 Å². The van der Waals surface area contributed by atoms with Crippen LogP contribution in [0.2, 0.25) is 5.02 Å². The first-order chi connectivity index (χ1) is 12.0. The van der Waals surface area contributed by atoms with Gasteiger partial charge >= 0.3 is 0 Å². The summed E-state index contributed by atoms with van der Waals surface area (Å²) in [5.41, 5.74) is 0.212. The summed E-state index contributed by atoms with van der Waals surface area (Å²) < 4.78 is 13.7. The van der Waals surface area contributed by atoms with Crippen molar-refractivity contribution in [3.63, 3.8) is 0 Å². The molecule has 2 heterocycles. The quantitative estimate of drug-likeness (QED) is 0.419. The van der Waals surface area contributed by atoms with E-state index in [-0.39, 0.29) is 18.1 Å². The van der Waals surface area contributed by atoms with Crippen molar-refractivity contribution in [2.75, 3.05) is 0 Å². The summed E-state index contributed by atoms with van der Waals surface area (Å²) in [7, 11) is 1.70. The Balaban J connectivity index is 1.62. The fourth-order valence-electron chi connectivity index (χ4n) is 2.14. The van der Waals surface area contributed by atoms with Gasteiger partial charge in [-0.05, 0) is 52.3 Å². The van der Waals surface area contributed by atoms with Gasteiger partial charge in [0.25, 0.3) is 0 Å². The van der Waals surface area contributed by atoms with Crippen LogP contribution in [0.15, 0.2) is 57.6 Å². The van der Waals surface area contributed by atoms with Crippen LogP contribution in [0.4, 0.5) is 0 Å². The molecular formula is C18H14BrClN2O3. The third-order valence-corrected chi connectivity index (χ3v) is 4.24. The number of ketones is 1. The number of halogens is 2. The highest BCUT2D eigenvalue weighted by Crippen LogP contribution is 2.25. The van der Waals surface area contributed by atoms with Crippen molar-refractivity contribution in [3.05, 3.63) is 75.4 Å². The molecular weight excluding hydrogens is 408 g/mol. The summed E-state index contributed by atoms with van der Waals surface area (Å²) in [6.07, 6.45) is 4.54. The fraction of sp³-hybridized carbons (Fsp3) is 0.111. The third kappa shape index (κ3) is 4.41. The molecule has 3 aromatic rings. The molecule has 0 radical (unpaired) electrons. The van der Waals surface area contributed by atoms with Crippen LogP contribution in [0.3, 0.4) is 0 Å². The van der Waals surface area contributed by atoms with E-state index in [0.717, 1.165) is 10.2 Å². The van der Waals surface area contributed by atoms with Crippen LogP contribution in [0.25, 0.3) is 6.08 Å². The molecule has 0 aliphatic carbocycles. The van der Waals surface area contributed by atoms with E-state index in [9.17, 15) is 4.79 Å². The van der Waals surface area contributed by atoms with Gasteiger partial charge in [-0.1, -0.05) is 23.7 Å². The molecule has 0 unspecified atom stereocenters. The van der Waals surface area contributed by atoms with Crippen LogP contribution in [0, 0.1) is 0 Å². The number of aromatic nitrogens is 2. The minimum Gasteiger partial charge on any atom is -0.484 e. The first-order valence-corrected chi connectivity index (χ1v) is 8.57. The average molecular weight is 422 g/mol. The lowest BCUT2D eigenvalue weighted by Crippen LogP contribution is -1.98. The van der Waals surface area contributed by atoms with Gasteiger partial charge in [-0.3, -0.25) is 9.48 Å². The van der Waals surface area contributed by atoms with Gasteiger partial charge in [0.1, 0.15) is 23.9 Å². The molecule has 0 amide bonds. The number of benzene rings is 1. The number of carbonyl (C=O) groups excluding carboxylic acids is 1. The number of para-hydroxylation sites is 1. The van der Waals surface area contributed by atoms with Gasteiger partial charge in [-0.15, -0.1) is 0 Å². The topological polar surface area (TPSA) is 57.3 Å². The van der Waals surface area contributed by atoms with Crippen molar-refractivity contribution >= 4 is 39.4 Å². The first kappa shape index (κ1) is 17.5. The second-order valence-corrected chi connectivity index (χ2v) is 6.48. The lowest BCUT2D eigenvalue weighted by Gasteiger charge is -2.05. The monoisotopic (exact) mass is 420 g/mol. The molecule has 1 aromatic carbocycles. The summed E-state index contributed by atoms with van der Waals surface area (Å²) >= 11 is 9.38. The number of hydrogen-bond donors (Lipinski definition) is 0. The fourth-order valence-corrected chi connectivity index (χ4v) is 2.81. The molecule has 0 saturated carbocycles. The van der Waals surface area contributed by atoms with E-state index in [1.54, 1.807) is 31.5 Å². The molecule has 3 rings (SSSR count). The van der Waals surface area contributed by atoms with E-state index in [2.05, 4.69) is 21.0 Å². The standard InChI is InChI=1S/C18H14BrClN2O3/c1-22-10-15(20)18(21-22)16(23)9-8-12-6-7-13(25-12)11-24-17-5-3-2-4-14(17)19/h2-10H,11H2,1H3/b9-8+. The Labute approximate surface area is 158 Å². The minimum absolute atomic E-state index is 0.212. The molecule has 0 atom stereocenters. The van der Waals surface area contributed by atoms with E-state index < -0.39 is 0 Å². The Hall–Kier alpha value is -2.31. The summed E-state index contributed by atoms with van der Waals surface area (Å²) in [6.45, 7) is 0.288. The SMILES string of the molecule is Cn1cc(Cl)c(C(=O)/C=C/c2ccc(COc3ccccc3Br)o2)n1. The Bertz CT molecular complexity index is 930. The zero-order valence-electron chi connectivity index (χ0n) is 13.3. The van der Waals surface area contributed by atoms with Crippen LogP contribution < -0.4 is 4.74 Å². The van der Waals surface area contributed by atoms with Crippen LogP contribution >= 0.6 is 27.5 Å². The Morgan fingerprint density at radius 3 is 2.88 bits per heavy atom. The van der Waals surface area contributed by atoms with Gasteiger partial charge in [-0.2, -0.15) is 5.10 Å². The zero-order chi connectivity index (χ0) is 17.8. The number of carbonyl (C=O) groups is 1. The number of hydrogen-bond acceptors (Lipinski definition) is 4. The molecule has 128 valence electrons. The number of allylic oxidation sites excluding steroid dienone is 1. The van der Waals surface area contributed by atoms with Crippen molar-refractivity contribution in [2.45, 2.75) is 6.61 Å². The highest BCUT2D eigenvalue weighted by molar-refractivity contribution is 9.10. The van der Waals surface area contributed by atoms with Crippen LogP contribution in [0.5, 0.6) is 5.75 Å². The van der Waals surface area contributed by atoms with E-state index in [1.807, 2.05) is 24.3 Å². The van der Waals surface area contributed by atoms with Gasteiger partial charge in [0.2, 0.25) is 5.78 Å².